The predicted octanol–water partition coefficient (Wildman–Crippen LogP) is 7.53. The number of benzene rings is 3. The van der Waals surface area contributed by atoms with E-state index < -0.39 is 0 Å². The maximum Gasteiger partial charge on any atom is 0.174 e. The number of aliphatic imine (C=N–C) groups is 1. The zero-order valence-corrected chi connectivity index (χ0v) is 20.8. The van der Waals surface area contributed by atoms with E-state index in [-0.39, 0.29) is 11.9 Å². The van der Waals surface area contributed by atoms with Crippen molar-refractivity contribution in [2.75, 3.05) is 13.1 Å². The van der Waals surface area contributed by atoms with Gasteiger partial charge in [-0.25, -0.2) is 9.38 Å². The van der Waals surface area contributed by atoms with Gasteiger partial charge >= 0.3 is 0 Å². The molecule has 0 saturated heterocycles. The third-order valence-corrected chi connectivity index (χ3v) is 7.88. The molecular formula is C28H20Cl2FN3S. The molecule has 3 aliphatic rings. The van der Waals surface area contributed by atoms with Gasteiger partial charge in [0.1, 0.15) is 5.82 Å². The number of rotatable bonds is 3. The summed E-state index contributed by atoms with van der Waals surface area (Å²) in [7, 11) is 0. The zero-order chi connectivity index (χ0) is 23.9. The third-order valence-electron chi connectivity index (χ3n) is 6.35. The summed E-state index contributed by atoms with van der Waals surface area (Å²) < 4.78 is 13.7. The molecule has 0 bridgehead atoms. The van der Waals surface area contributed by atoms with Crippen molar-refractivity contribution < 1.29 is 4.39 Å². The van der Waals surface area contributed by atoms with E-state index >= 15 is 0 Å². The van der Waals surface area contributed by atoms with Gasteiger partial charge in [0.15, 0.2) is 5.17 Å². The monoisotopic (exact) mass is 519 g/mol. The lowest BCUT2D eigenvalue weighted by molar-refractivity contribution is 0.462. The Bertz CT molecular complexity index is 1440. The average molecular weight is 520 g/mol. The van der Waals surface area contributed by atoms with Gasteiger partial charge < -0.3 is 10.2 Å². The van der Waals surface area contributed by atoms with Gasteiger partial charge in [-0.3, -0.25) is 0 Å². The van der Waals surface area contributed by atoms with Gasteiger partial charge in [0.2, 0.25) is 0 Å². The smallest absolute Gasteiger partial charge is 0.174 e. The molecule has 0 amide bonds. The molecule has 0 spiro atoms. The van der Waals surface area contributed by atoms with Crippen molar-refractivity contribution in [3.8, 4) is 0 Å². The van der Waals surface area contributed by atoms with Crippen LogP contribution in [0.25, 0.3) is 11.8 Å². The molecule has 0 saturated carbocycles. The molecule has 3 aromatic carbocycles. The van der Waals surface area contributed by atoms with Crippen LogP contribution in [0.1, 0.15) is 22.7 Å². The first-order chi connectivity index (χ1) is 17.1. The Morgan fingerprint density at radius 3 is 2.46 bits per heavy atom. The molecule has 0 radical (unpaired) electrons. The van der Waals surface area contributed by atoms with Crippen LogP contribution in [-0.4, -0.2) is 23.2 Å². The summed E-state index contributed by atoms with van der Waals surface area (Å²) in [5.74, 6) is -0.258. The number of nitrogens with one attached hydrogen (secondary N) is 1. The molecule has 3 aliphatic heterocycles. The standard InChI is InChI=1S/C28H20Cl2FN3S/c29-23-7-3-1-5-18(23)13-19-14-32-15-22-26(19)33-28-34(27(22)21-6-2-4-8-24(21)30)25(16-35-28)17-9-11-20(31)12-10-17/h1-13,16,27,32H,14-15H2/b19-13+. The molecule has 7 heteroatoms. The molecule has 35 heavy (non-hydrogen) atoms. The highest BCUT2D eigenvalue weighted by Gasteiger charge is 2.40. The van der Waals surface area contributed by atoms with Crippen molar-refractivity contribution in [1.29, 1.82) is 0 Å². The normalized spacial score (nSPS) is 20.5. The molecule has 1 unspecified atom stereocenters. The Hall–Kier alpha value is -2.83. The molecule has 3 nitrogen and oxygen atoms in total. The number of hydrogen-bond donors (Lipinski definition) is 1. The fourth-order valence-electron chi connectivity index (χ4n) is 4.73. The van der Waals surface area contributed by atoms with Crippen LogP contribution in [0.3, 0.4) is 0 Å². The fraction of sp³-hybridized carbons (Fsp3) is 0.107. The minimum atomic E-state index is -0.258. The van der Waals surface area contributed by atoms with Gasteiger partial charge in [0, 0.05) is 28.5 Å². The quantitative estimate of drug-likeness (QED) is 0.387. The lowest BCUT2D eigenvalue weighted by atomic mass is 9.88. The van der Waals surface area contributed by atoms with Gasteiger partial charge in [-0.1, -0.05) is 71.4 Å². The number of halogens is 3. The highest BCUT2D eigenvalue weighted by atomic mass is 35.5. The molecule has 3 heterocycles. The highest BCUT2D eigenvalue weighted by molar-refractivity contribution is 8.16. The average Bonchev–Trinajstić information content (AvgIpc) is 3.29. The van der Waals surface area contributed by atoms with Gasteiger partial charge in [-0.15, -0.1) is 0 Å². The van der Waals surface area contributed by atoms with E-state index in [2.05, 4.69) is 27.8 Å². The summed E-state index contributed by atoms with van der Waals surface area (Å²) in [5.41, 5.74) is 7.07. The van der Waals surface area contributed by atoms with Crippen molar-refractivity contribution in [2.24, 2.45) is 4.99 Å². The number of fused-ring (bicyclic) bond motifs is 1. The summed E-state index contributed by atoms with van der Waals surface area (Å²) in [6.45, 7) is 1.37. The molecule has 3 aromatic rings. The second-order valence-electron chi connectivity index (χ2n) is 8.48. The number of nitrogens with zero attached hydrogens (tertiary/aromatic N) is 2. The Morgan fingerprint density at radius 1 is 0.943 bits per heavy atom. The van der Waals surface area contributed by atoms with E-state index in [0.717, 1.165) is 44.4 Å². The Morgan fingerprint density at radius 2 is 1.69 bits per heavy atom. The topological polar surface area (TPSA) is 27.6 Å². The number of thioether (sulfide) groups is 1. The largest absolute Gasteiger partial charge is 0.309 e. The Balaban J connectivity index is 1.52. The summed E-state index contributed by atoms with van der Waals surface area (Å²) >= 11 is 14.8. The molecular weight excluding hydrogens is 500 g/mol. The van der Waals surface area contributed by atoms with Gasteiger partial charge in [0.05, 0.1) is 17.4 Å². The van der Waals surface area contributed by atoms with Gasteiger partial charge in [0.25, 0.3) is 0 Å². The fourth-order valence-corrected chi connectivity index (χ4v) is 6.09. The van der Waals surface area contributed by atoms with E-state index in [1.807, 2.05) is 42.5 Å². The summed E-state index contributed by atoms with van der Waals surface area (Å²) in [6, 6.07) is 22.2. The van der Waals surface area contributed by atoms with Crippen LogP contribution in [-0.2, 0) is 0 Å². The van der Waals surface area contributed by atoms with Crippen molar-refractivity contribution in [3.63, 3.8) is 0 Å². The number of amidine groups is 1. The predicted molar refractivity (Wildman–Crippen MR) is 145 cm³/mol. The molecule has 0 aliphatic carbocycles. The minimum absolute atomic E-state index is 0.153. The maximum absolute atomic E-state index is 13.7. The SMILES string of the molecule is Fc1ccc(C2=CSC3=NC4=C(CNC/C4=C\c4ccccc4Cl)C(c4ccccc4Cl)N23)cc1. The first-order valence-corrected chi connectivity index (χ1v) is 12.9. The molecule has 0 fully saturated rings. The molecule has 1 atom stereocenters. The van der Waals surface area contributed by atoms with Crippen LogP contribution < -0.4 is 5.32 Å². The van der Waals surface area contributed by atoms with Crippen molar-refractivity contribution in [3.05, 3.63) is 128 Å². The van der Waals surface area contributed by atoms with Crippen LogP contribution in [0.15, 0.2) is 100 Å². The van der Waals surface area contributed by atoms with Crippen molar-refractivity contribution in [2.45, 2.75) is 6.04 Å². The van der Waals surface area contributed by atoms with Crippen LogP contribution in [0.5, 0.6) is 0 Å². The van der Waals surface area contributed by atoms with E-state index in [4.69, 9.17) is 28.2 Å². The van der Waals surface area contributed by atoms with Crippen molar-refractivity contribution >= 4 is 51.9 Å². The zero-order valence-electron chi connectivity index (χ0n) is 18.5. The van der Waals surface area contributed by atoms with E-state index in [1.165, 1.54) is 12.1 Å². The van der Waals surface area contributed by atoms with Crippen LogP contribution >= 0.6 is 35.0 Å². The van der Waals surface area contributed by atoms with E-state index in [9.17, 15) is 4.39 Å². The Kier molecular flexibility index (Phi) is 6.02. The lowest BCUT2D eigenvalue weighted by Crippen LogP contribution is -2.40. The second kappa shape index (κ2) is 9.32. The second-order valence-corrected chi connectivity index (χ2v) is 10.1. The van der Waals surface area contributed by atoms with Gasteiger partial charge in [-0.05, 0) is 70.3 Å². The first kappa shape index (κ1) is 22.6. The van der Waals surface area contributed by atoms with Crippen LogP contribution in [0.2, 0.25) is 10.0 Å². The summed E-state index contributed by atoms with van der Waals surface area (Å²) in [4.78, 5) is 7.36. The minimum Gasteiger partial charge on any atom is -0.309 e. The molecule has 0 aromatic heterocycles. The molecule has 174 valence electrons. The third kappa shape index (κ3) is 4.13. The summed E-state index contributed by atoms with van der Waals surface area (Å²) in [6.07, 6.45) is 2.11. The van der Waals surface area contributed by atoms with Gasteiger partial charge in [-0.2, -0.15) is 0 Å². The van der Waals surface area contributed by atoms with E-state index in [1.54, 1.807) is 23.9 Å². The van der Waals surface area contributed by atoms with Crippen LogP contribution in [0, 0.1) is 5.82 Å². The molecule has 1 N–H and O–H groups in total. The lowest BCUT2D eigenvalue weighted by Gasteiger charge is -2.40. The Labute approximate surface area is 217 Å². The highest BCUT2D eigenvalue weighted by Crippen LogP contribution is 2.49. The van der Waals surface area contributed by atoms with Crippen molar-refractivity contribution in [1.82, 2.24) is 10.2 Å². The molecule has 6 rings (SSSR count). The number of hydrogen-bond acceptors (Lipinski definition) is 4. The first-order valence-electron chi connectivity index (χ1n) is 11.2. The summed E-state index contributed by atoms with van der Waals surface area (Å²) in [5, 5.41) is 7.91. The maximum atomic E-state index is 13.7. The van der Waals surface area contributed by atoms with Crippen LogP contribution in [0.4, 0.5) is 4.39 Å². The van der Waals surface area contributed by atoms with E-state index in [0.29, 0.717) is 23.1 Å².